The van der Waals surface area contributed by atoms with Gasteiger partial charge in [-0.3, -0.25) is 19.4 Å². The topological polar surface area (TPSA) is 55.9 Å². The number of carbonyl (C=O) groups is 2. The molecule has 0 atom stereocenters. The SMILES string of the molecule is Cc1ccc(CN(C)CC(=O)N2CCN(CC(=O)Nc3ccc(C)cc3)CC2)cc1. The molecule has 1 N–H and O–H groups in total. The van der Waals surface area contributed by atoms with Gasteiger partial charge in [-0.2, -0.15) is 0 Å². The van der Waals surface area contributed by atoms with Crippen molar-refractivity contribution in [2.75, 3.05) is 51.6 Å². The first-order chi connectivity index (χ1) is 14.4. The summed E-state index contributed by atoms with van der Waals surface area (Å²) in [6.07, 6.45) is 0. The maximum absolute atomic E-state index is 12.6. The van der Waals surface area contributed by atoms with Gasteiger partial charge in [0.2, 0.25) is 11.8 Å². The number of likely N-dealkylation sites (N-methyl/N-ethyl adjacent to an activating group) is 1. The first kappa shape index (κ1) is 22.0. The molecule has 2 aromatic carbocycles. The third-order valence-electron chi connectivity index (χ3n) is 5.41. The van der Waals surface area contributed by atoms with Crippen LogP contribution in [0.4, 0.5) is 5.69 Å². The van der Waals surface area contributed by atoms with Crippen LogP contribution in [-0.2, 0) is 16.1 Å². The highest BCUT2D eigenvalue weighted by Gasteiger charge is 2.23. The molecule has 6 nitrogen and oxygen atoms in total. The smallest absolute Gasteiger partial charge is 0.238 e. The molecule has 1 fully saturated rings. The van der Waals surface area contributed by atoms with Crippen molar-refractivity contribution in [3.05, 3.63) is 65.2 Å². The van der Waals surface area contributed by atoms with Gasteiger partial charge < -0.3 is 10.2 Å². The molecule has 3 rings (SSSR count). The van der Waals surface area contributed by atoms with E-state index in [0.717, 1.165) is 12.2 Å². The fraction of sp³-hybridized carbons (Fsp3) is 0.417. The molecule has 1 aliphatic rings. The molecular formula is C24H32N4O2. The van der Waals surface area contributed by atoms with Gasteiger partial charge in [0.05, 0.1) is 13.1 Å². The molecule has 0 aromatic heterocycles. The van der Waals surface area contributed by atoms with Gasteiger partial charge in [-0.1, -0.05) is 47.5 Å². The lowest BCUT2D eigenvalue weighted by Gasteiger charge is -2.35. The van der Waals surface area contributed by atoms with Crippen LogP contribution in [0.5, 0.6) is 0 Å². The van der Waals surface area contributed by atoms with E-state index in [-0.39, 0.29) is 11.8 Å². The van der Waals surface area contributed by atoms with E-state index in [1.54, 1.807) is 0 Å². The summed E-state index contributed by atoms with van der Waals surface area (Å²) < 4.78 is 0. The van der Waals surface area contributed by atoms with E-state index in [9.17, 15) is 9.59 Å². The number of carbonyl (C=O) groups excluding carboxylic acids is 2. The Balaban J connectivity index is 1.38. The summed E-state index contributed by atoms with van der Waals surface area (Å²) in [6, 6.07) is 16.2. The maximum Gasteiger partial charge on any atom is 0.238 e. The van der Waals surface area contributed by atoms with Crippen LogP contribution in [-0.4, -0.2) is 72.8 Å². The molecular weight excluding hydrogens is 376 g/mol. The summed E-state index contributed by atoms with van der Waals surface area (Å²) in [4.78, 5) is 31.0. The van der Waals surface area contributed by atoms with Gasteiger partial charge in [0.25, 0.3) is 0 Å². The van der Waals surface area contributed by atoms with Crippen LogP contribution in [0.1, 0.15) is 16.7 Å². The van der Waals surface area contributed by atoms with Crippen molar-refractivity contribution in [3.63, 3.8) is 0 Å². The van der Waals surface area contributed by atoms with E-state index in [1.165, 1.54) is 16.7 Å². The van der Waals surface area contributed by atoms with E-state index in [0.29, 0.717) is 39.3 Å². The molecule has 0 aliphatic carbocycles. The monoisotopic (exact) mass is 408 g/mol. The summed E-state index contributed by atoms with van der Waals surface area (Å²) in [5, 5.41) is 2.94. The molecule has 0 radical (unpaired) electrons. The van der Waals surface area contributed by atoms with Crippen molar-refractivity contribution in [1.82, 2.24) is 14.7 Å². The van der Waals surface area contributed by atoms with Crippen LogP contribution in [0.2, 0.25) is 0 Å². The van der Waals surface area contributed by atoms with Crippen LogP contribution in [0.25, 0.3) is 0 Å². The van der Waals surface area contributed by atoms with Gasteiger partial charge in [0, 0.05) is 38.4 Å². The average molecular weight is 409 g/mol. The number of amides is 2. The number of benzene rings is 2. The number of hydrogen-bond acceptors (Lipinski definition) is 4. The largest absolute Gasteiger partial charge is 0.339 e. The Morgan fingerprint density at radius 1 is 0.900 bits per heavy atom. The minimum atomic E-state index is -0.0172. The summed E-state index contributed by atoms with van der Waals surface area (Å²) in [7, 11) is 1.98. The van der Waals surface area contributed by atoms with Crippen LogP contribution >= 0.6 is 0 Å². The van der Waals surface area contributed by atoms with Crippen LogP contribution in [0.15, 0.2) is 48.5 Å². The highest BCUT2D eigenvalue weighted by atomic mass is 16.2. The molecule has 30 heavy (non-hydrogen) atoms. The zero-order valence-corrected chi connectivity index (χ0v) is 18.2. The predicted molar refractivity (Wildman–Crippen MR) is 120 cm³/mol. The first-order valence-electron chi connectivity index (χ1n) is 10.5. The normalized spacial score (nSPS) is 14.7. The Kier molecular flexibility index (Phi) is 7.60. The second-order valence-corrected chi connectivity index (χ2v) is 8.23. The molecule has 2 amide bonds. The molecule has 1 aliphatic heterocycles. The number of nitrogens with one attached hydrogen (secondary N) is 1. The lowest BCUT2D eigenvalue weighted by Crippen LogP contribution is -2.52. The molecule has 1 saturated heterocycles. The van der Waals surface area contributed by atoms with Crippen molar-refractivity contribution in [1.29, 1.82) is 0 Å². The van der Waals surface area contributed by atoms with Crippen molar-refractivity contribution >= 4 is 17.5 Å². The molecule has 2 aromatic rings. The van der Waals surface area contributed by atoms with E-state index >= 15 is 0 Å². The third-order valence-corrected chi connectivity index (χ3v) is 5.41. The van der Waals surface area contributed by atoms with Crippen molar-refractivity contribution in [3.8, 4) is 0 Å². The van der Waals surface area contributed by atoms with Gasteiger partial charge >= 0.3 is 0 Å². The Morgan fingerprint density at radius 3 is 2.07 bits per heavy atom. The number of nitrogens with zero attached hydrogens (tertiary/aromatic N) is 3. The zero-order valence-electron chi connectivity index (χ0n) is 18.2. The zero-order chi connectivity index (χ0) is 21.5. The van der Waals surface area contributed by atoms with Crippen molar-refractivity contribution in [2.24, 2.45) is 0 Å². The number of rotatable bonds is 7. The summed E-state index contributed by atoms with van der Waals surface area (Å²) in [5.41, 5.74) is 4.43. The molecule has 0 saturated carbocycles. The van der Waals surface area contributed by atoms with E-state index in [2.05, 4.69) is 41.4 Å². The lowest BCUT2D eigenvalue weighted by atomic mass is 10.1. The third kappa shape index (κ3) is 6.68. The number of piperazine rings is 1. The Bertz CT molecular complexity index is 841. The highest BCUT2D eigenvalue weighted by molar-refractivity contribution is 5.92. The molecule has 160 valence electrons. The molecule has 0 unspecified atom stereocenters. The number of hydrogen-bond donors (Lipinski definition) is 1. The van der Waals surface area contributed by atoms with Gasteiger partial charge in [-0.05, 0) is 38.6 Å². The van der Waals surface area contributed by atoms with Gasteiger partial charge in [0.1, 0.15) is 0 Å². The summed E-state index contributed by atoms with van der Waals surface area (Å²) >= 11 is 0. The fourth-order valence-corrected chi connectivity index (χ4v) is 3.59. The fourth-order valence-electron chi connectivity index (χ4n) is 3.59. The van der Waals surface area contributed by atoms with Gasteiger partial charge in [-0.25, -0.2) is 0 Å². The first-order valence-corrected chi connectivity index (χ1v) is 10.5. The van der Waals surface area contributed by atoms with E-state index in [1.807, 2.05) is 48.0 Å². The lowest BCUT2D eigenvalue weighted by molar-refractivity contribution is -0.134. The highest BCUT2D eigenvalue weighted by Crippen LogP contribution is 2.10. The average Bonchev–Trinajstić information content (AvgIpc) is 2.72. The Labute approximate surface area is 179 Å². The van der Waals surface area contributed by atoms with E-state index in [4.69, 9.17) is 0 Å². The predicted octanol–water partition coefficient (Wildman–Crippen LogP) is 2.52. The standard InChI is InChI=1S/C24H32N4O2/c1-19-4-8-21(9-5-19)16-26(3)18-24(30)28-14-12-27(13-15-28)17-23(29)25-22-10-6-20(2)7-11-22/h4-11H,12-18H2,1-3H3,(H,25,29). The van der Waals surface area contributed by atoms with Crippen molar-refractivity contribution in [2.45, 2.75) is 20.4 Å². The molecule has 1 heterocycles. The van der Waals surface area contributed by atoms with Crippen LogP contribution in [0, 0.1) is 13.8 Å². The maximum atomic E-state index is 12.6. The second-order valence-electron chi connectivity index (χ2n) is 8.23. The summed E-state index contributed by atoms with van der Waals surface area (Å²) in [6.45, 7) is 8.36. The number of anilines is 1. The van der Waals surface area contributed by atoms with Crippen molar-refractivity contribution < 1.29 is 9.59 Å². The Morgan fingerprint density at radius 2 is 1.47 bits per heavy atom. The van der Waals surface area contributed by atoms with Crippen LogP contribution < -0.4 is 5.32 Å². The minimum absolute atomic E-state index is 0.0172. The Hall–Kier alpha value is -2.70. The van der Waals surface area contributed by atoms with E-state index < -0.39 is 0 Å². The second kappa shape index (κ2) is 10.4. The minimum Gasteiger partial charge on any atom is -0.339 e. The number of aryl methyl sites for hydroxylation is 2. The summed E-state index contributed by atoms with van der Waals surface area (Å²) in [5.74, 6) is 0.129. The quantitative estimate of drug-likeness (QED) is 0.765. The molecule has 6 heteroatoms. The molecule has 0 bridgehead atoms. The van der Waals surface area contributed by atoms with Crippen LogP contribution in [0.3, 0.4) is 0 Å². The van der Waals surface area contributed by atoms with Gasteiger partial charge in [-0.15, -0.1) is 0 Å². The van der Waals surface area contributed by atoms with Gasteiger partial charge in [0.15, 0.2) is 0 Å². The molecule has 0 spiro atoms.